The predicted octanol–water partition coefficient (Wildman–Crippen LogP) is 3.75. The Morgan fingerprint density at radius 2 is 1.50 bits per heavy atom. The number of carbonyl (C=O) groups is 1. The van der Waals surface area contributed by atoms with Crippen molar-refractivity contribution in [2.24, 2.45) is 0 Å². The number of hydrogen-bond acceptors (Lipinski definition) is 1. The summed E-state index contributed by atoms with van der Waals surface area (Å²) in [6.07, 6.45) is 0.997. The fraction of sp³-hybridized carbons (Fsp3) is 0. The molecule has 2 aromatic rings. The standard InChI is InChI=1S/C15H11FO2/c16-14(15(17)18)10-11-6-8-13(9-7-11)12-4-2-1-3-5-12/h1-10H,(H,17,18)/b14-10-. The SMILES string of the molecule is O=C(O)/C(F)=C/c1ccc(-c2ccccc2)cc1. The van der Waals surface area contributed by atoms with Crippen LogP contribution in [0.15, 0.2) is 60.4 Å². The molecule has 0 saturated carbocycles. The van der Waals surface area contributed by atoms with E-state index in [0.29, 0.717) is 5.56 Å². The van der Waals surface area contributed by atoms with Crippen LogP contribution in [0.1, 0.15) is 5.56 Å². The van der Waals surface area contributed by atoms with Gasteiger partial charge in [-0.25, -0.2) is 4.79 Å². The number of hydrogen-bond donors (Lipinski definition) is 1. The van der Waals surface area contributed by atoms with E-state index in [1.54, 1.807) is 12.1 Å². The van der Waals surface area contributed by atoms with Crippen LogP contribution in [-0.4, -0.2) is 11.1 Å². The Hall–Kier alpha value is -2.42. The first-order chi connectivity index (χ1) is 8.66. The minimum atomic E-state index is -1.55. The third-order valence-electron chi connectivity index (χ3n) is 2.52. The fourth-order valence-corrected chi connectivity index (χ4v) is 1.61. The molecule has 0 heterocycles. The summed E-state index contributed by atoms with van der Waals surface area (Å²) in [6.45, 7) is 0. The molecule has 0 aliphatic heterocycles. The molecule has 0 radical (unpaired) electrons. The molecule has 0 amide bonds. The molecule has 0 fully saturated rings. The van der Waals surface area contributed by atoms with Gasteiger partial charge in [-0.1, -0.05) is 54.6 Å². The highest BCUT2D eigenvalue weighted by molar-refractivity contribution is 5.89. The van der Waals surface area contributed by atoms with Gasteiger partial charge in [0.15, 0.2) is 0 Å². The molecule has 0 unspecified atom stereocenters. The molecule has 1 N–H and O–H groups in total. The molecule has 0 saturated heterocycles. The average Bonchev–Trinajstić information content (AvgIpc) is 2.40. The Labute approximate surface area is 104 Å². The van der Waals surface area contributed by atoms with Crippen LogP contribution in [0.2, 0.25) is 0 Å². The van der Waals surface area contributed by atoms with E-state index >= 15 is 0 Å². The first-order valence-corrected chi connectivity index (χ1v) is 5.43. The lowest BCUT2D eigenvalue weighted by Gasteiger charge is -2.01. The van der Waals surface area contributed by atoms with Gasteiger partial charge in [0.05, 0.1) is 0 Å². The van der Waals surface area contributed by atoms with Gasteiger partial charge in [0.1, 0.15) is 0 Å². The fourth-order valence-electron chi connectivity index (χ4n) is 1.61. The highest BCUT2D eigenvalue weighted by Crippen LogP contribution is 2.20. The summed E-state index contributed by atoms with van der Waals surface area (Å²) >= 11 is 0. The van der Waals surface area contributed by atoms with Crippen molar-refractivity contribution in [3.63, 3.8) is 0 Å². The van der Waals surface area contributed by atoms with Crippen molar-refractivity contribution in [3.8, 4) is 11.1 Å². The van der Waals surface area contributed by atoms with Crippen LogP contribution >= 0.6 is 0 Å². The van der Waals surface area contributed by atoms with E-state index in [-0.39, 0.29) is 0 Å². The van der Waals surface area contributed by atoms with Gasteiger partial charge in [0.2, 0.25) is 5.83 Å². The Morgan fingerprint density at radius 3 is 2.06 bits per heavy atom. The molecule has 18 heavy (non-hydrogen) atoms. The van der Waals surface area contributed by atoms with Crippen LogP contribution < -0.4 is 0 Å². The predicted molar refractivity (Wildman–Crippen MR) is 68.6 cm³/mol. The number of aliphatic carboxylic acids is 1. The molecule has 2 nitrogen and oxygen atoms in total. The summed E-state index contributed by atoms with van der Waals surface area (Å²) in [7, 11) is 0. The molecule has 3 heteroatoms. The van der Waals surface area contributed by atoms with Crippen molar-refractivity contribution in [1.29, 1.82) is 0 Å². The van der Waals surface area contributed by atoms with Gasteiger partial charge >= 0.3 is 5.97 Å². The summed E-state index contributed by atoms with van der Waals surface area (Å²) in [5.74, 6) is -2.72. The lowest BCUT2D eigenvalue weighted by atomic mass is 10.0. The Bertz CT molecular complexity index is 571. The number of rotatable bonds is 3. The molecule has 2 rings (SSSR count). The van der Waals surface area contributed by atoms with Crippen LogP contribution in [0.4, 0.5) is 4.39 Å². The molecule has 0 atom stereocenters. The zero-order valence-electron chi connectivity index (χ0n) is 9.51. The van der Waals surface area contributed by atoms with E-state index in [1.807, 2.05) is 42.5 Å². The van der Waals surface area contributed by atoms with E-state index in [2.05, 4.69) is 0 Å². The van der Waals surface area contributed by atoms with Crippen LogP contribution in [0.5, 0.6) is 0 Å². The summed E-state index contributed by atoms with van der Waals surface area (Å²) in [6, 6.07) is 16.8. The number of carboxylic acids is 1. The lowest BCUT2D eigenvalue weighted by Crippen LogP contribution is -1.93. The van der Waals surface area contributed by atoms with E-state index < -0.39 is 11.8 Å². The molecular formula is C15H11FO2. The third kappa shape index (κ3) is 2.83. The summed E-state index contributed by atoms with van der Waals surface area (Å²) < 4.78 is 12.9. The zero-order valence-corrected chi connectivity index (χ0v) is 9.51. The van der Waals surface area contributed by atoms with Crippen molar-refractivity contribution in [1.82, 2.24) is 0 Å². The smallest absolute Gasteiger partial charge is 0.364 e. The van der Waals surface area contributed by atoms with Crippen molar-refractivity contribution in [2.45, 2.75) is 0 Å². The van der Waals surface area contributed by atoms with E-state index in [0.717, 1.165) is 17.2 Å². The largest absolute Gasteiger partial charge is 0.476 e. The summed E-state index contributed by atoms with van der Waals surface area (Å²) in [4.78, 5) is 10.3. The molecule has 0 spiro atoms. The van der Waals surface area contributed by atoms with Gasteiger partial charge in [0.25, 0.3) is 0 Å². The summed E-state index contributed by atoms with van der Waals surface area (Å²) in [5, 5.41) is 8.43. The number of benzene rings is 2. The maximum Gasteiger partial charge on any atom is 0.364 e. The Balaban J connectivity index is 2.26. The van der Waals surface area contributed by atoms with E-state index in [9.17, 15) is 9.18 Å². The summed E-state index contributed by atoms with van der Waals surface area (Å²) in [5.41, 5.74) is 2.59. The quantitative estimate of drug-likeness (QED) is 0.832. The first-order valence-electron chi connectivity index (χ1n) is 5.43. The van der Waals surface area contributed by atoms with Crippen LogP contribution in [-0.2, 0) is 4.79 Å². The minimum absolute atomic E-state index is 0.523. The molecule has 2 aromatic carbocycles. The van der Waals surface area contributed by atoms with Crippen LogP contribution in [0.3, 0.4) is 0 Å². The zero-order chi connectivity index (χ0) is 13.0. The first kappa shape index (κ1) is 12.0. The van der Waals surface area contributed by atoms with Crippen molar-refractivity contribution >= 4 is 12.0 Å². The average molecular weight is 242 g/mol. The normalized spacial score (nSPS) is 11.3. The molecule has 0 bridgehead atoms. The minimum Gasteiger partial charge on any atom is -0.476 e. The van der Waals surface area contributed by atoms with Gasteiger partial charge in [-0.3, -0.25) is 0 Å². The second kappa shape index (κ2) is 5.27. The van der Waals surface area contributed by atoms with E-state index in [4.69, 9.17) is 5.11 Å². The second-order valence-corrected chi connectivity index (χ2v) is 3.79. The van der Waals surface area contributed by atoms with Crippen molar-refractivity contribution < 1.29 is 14.3 Å². The highest BCUT2D eigenvalue weighted by atomic mass is 19.1. The number of halogens is 1. The lowest BCUT2D eigenvalue weighted by molar-refractivity contribution is -0.134. The maximum atomic E-state index is 12.9. The van der Waals surface area contributed by atoms with Crippen LogP contribution in [0.25, 0.3) is 17.2 Å². The Kier molecular flexibility index (Phi) is 3.53. The van der Waals surface area contributed by atoms with E-state index in [1.165, 1.54) is 0 Å². The highest BCUT2D eigenvalue weighted by Gasteiger charge is 2.04. The van der Waals surface area contributed by atoms with Gasteiger partial charge in [0, 0.05) is 0 Å². The van der Waals surface area contributed by atoms with Crippen molar-refractivity contribution in [2.75, 3.05) is 0 Å². The van der Waals surface area contributed by atoms with Crippen LogP contribution in [0, 0.1) is 0 Å². The van der Waals surface area contributed by atoms with Gasteiger partial charge in [-0.15, -0.1) is 0 Å². The van der Waals surface area contributed by atoms with Gasteiger partial charge < -0.3 is 5.11 Å². The maximum absolute atomic E-state index is 12.9. The second-order valence-electron chi connectivity index (χ2n) is 3.79. The van der Waals surface area contributed by atoms with Crippen molar-refractivity contribution in [3.05, 3.63) is 66.0 Å². The molecule has 0 aromatic heterocycles. The third-order valence-corrected chi connectivity index (χ3v) is 2.52. The monoisotopic (exact) mass is 242 g/mol. The van der Waals surface area contributed by atoms with Gasteiger partial charge in [-0.2, -0.15) is 4.39 Å². The Morgan fingerprint density at radius 1 is 0.944 bits per heavy atom. The van der Waals surface area contributed by atoms with Gasteiger partial charge in [-0.05, 0) is 22.8 Å². The topological polar surface area (TPSA) is 37.3 Å². The molecular weight excluding hydrogens is 231 g/mol. The molecule has 90 valence electrons. The number of carboxylic acid groups (broad SMARTS) is 1. The molecule has 0 aliphatic carbocycles. The molecule has 0 aliphatic rings.